The van der Waals surface area contributed by atoms with E-state index in [-0.39, 0.29) is 0 Å². The Labute approximate surface area is 260 Å². The first-order valence-corrected chi connectivity index (χ1v) is 19.2. The standard InChI is InChI=1S/C39H77NO/c1-4-7-10-12-14-16-18-20-22-23-25-27-29-31-33-36-39(41)40(37-34-9-6-3)38-35-32-30-28-26-24-21-19-17-15-13-11-8-5-2/h20,22H,4-19,21,23-38H2,1-3H3/b22-20-. The largest absolute Gasteiger partial charge is 0.343 e. The van der Waals surface area contributed by atoms with Crippen LogP contribution in [0.4, 0.5) is 0 Å². The Morgan fingerprint density at radius 3 is 1.10 bits per heavy atom. The van der Waals surface area contributed by atoms with E-state index in [4.69, 9.17) is 0 Å². The summed E-state index contributed by atoms with van der Waals surface area (Å²) in [5, 5.41) is 0. The summed E-state index contributed by atoms with van der Waals surface area (Å²) in [7, 11) is 0. The summed E-state index contributed by atoms with van der Waals surface area (Å²) in [5.74, 6) is 0.424. The summed E-state index contributed by atoms with van der Waals surface area (Å²) in [4.78, 5) is 15.2. The molecule has 0 fully saturated rings. The molecule has 0 atom stereocenters. The molecule has 0 aromatic heterocycles. The molecule has 0 N–H and O–H groups in total. The third-order valence-corrected chi connectivity index (χ3v) is 8.82. The highest BCUT2D eigenvalue weighted by Gasteiger charge is 2.12. The van der Waals surface area contributed by atoms with Crippen LogP contribution in [0.25, 0.3) is 0 Å². The van der Waals surface area contributed by atoms with Crippen molar-refractivity contribution in [1.82, 2.24) is 4.90 Å². The second kappa shape index (κ2) is 35.4. The smallest absolute Gasteiger partial charge is 0.222 e. The first-order chi connectivity index (χ1) is 20.3. The second-order valence-electron chi connectivity index (χ2n) is 13.0. The van der Waals surface area contributed by atoms with Crippen molar-refractivity contribution in [2.24, 2.45) is 0 Å². The molecule has 0 aromatic rings. The van der Waals surface area contributed by atoms with Crippen molar-refractivity contribution in [1.29, 1.82) is 0 Å². The molecule has 0 unspecified atom stereocenters. The molecule has 1 amide bonds. The van der Waals surface area contributed by atoms with Gasteiger partial charge in [0.25, 0.3) is 0 Å². The molecule has 0 aliphatic heterocycles. The van der Waals surface area contributed by atoms with Crippen LogP contribution in [0, 0.1) is 0 Å². The molecule has 0 aliphatic rings. The van der Waals surface area contributed by atoms with E-state index in [2.05, 4.69) is 37.8 Å². The minimum Gasteiger partial charge on any atom is -0.343 e. The van der Waals surface area contributed by atoms with Crippen LogP contribution in [-0.2, 0) is 4.79 Å². The highest BCUT2D eigenvalue weighted by Crippen LogP contribution is 2.15. The predicted molar refractivity (Wildman–Crippen MR) is 186 cm³/mol. The molecule has 0 heterocycles. The maximum atomic E-state index is 13.0. The summed E-state index contributed by atoms with van der Waals surface area (Å²) in [6.07, 6.45) is 45.8. The van der Waals surface area contributed by atoms with Gasteiger partial charge < -0.3 is 4.90 Å². The fourth-order valence-electron chi connectivity index (χ4n) is 5.92. The van der Waals surface area contributed by atoms with E-state index in [0.717, 1.165) is 25.9 Å². The third-order valence-electron chi connectivity index (χ3n) is 8.82. The summed E-state index contributed by atoms with van der Waals surface area (Å²) < 4.78 is 0. The van der Waals surface area contributed by atoms with Gasteiger partial charge in [0, 0.05) is 19.5 Å². The minimum atomic E-state index is 0.424. The molecule has 0 rings (SSSR count). The van der Waals surface area contributed by atoms with E-state index < -0.39 is 0 Å². The average molecular weight is 576 g/mol. The molecule has 0 spiro atoms. The lowest BCUT2D eigenvalue weighted by Crippen LogP contribution is -2.32. The van der Waals surface area contributed by atoms with Crippen LogP contribution in [0.5, 0.6) is 0 Å². The van der Waals surface area contributed by atoms with E-state index in [1.54, 1.807) is 0 Å². The number of carbonyl (C=O) groups is 1. The number of hydrogen-bond acceptors (Lipinski definition) is 1. The Kier molecular flexibility index (Phi) is 34.7. The molecule has 2 nitrogen and oxygen atoms in total. The van der Waals surface area contributed by atoms with Crippen LogP contribution in [0.3, 0.4) is 0 Å². The third kappa shape index (κ3) is 32.0. The molecular formula is C39H77NO. The molecule has 0 aliphatic carbocycles. The van der Waals surface area contributed by atoms with Crippen LogP contribution in [-0.4, -0.2) is 23.9 Å². The monoisotopic (exact) mass is 576 g/mol. The first-order valence-electron chi connectivity index (χ1n) is 19.2. The lowest BCUT2D eigenvalue weighted by Gasteiger charge is -2.23. The molecule has 2 heteroatoms. The van der Waals surface area contributed by atoms with Crippen molar-refractivity contribution in [2.45, 2.75) is 220 Å². The van der Waals surface area contributed by atoms with Crippen LogP contribution < -0.4 is 0 Å². The van der Waals surface area contributed by atoms with E-state index in [9.17, 15) is 4.79 Å². The zero-order valence-corrected chi connectivity index (χ0v) is 28.8. The Hall–Kier alpha value is -0.790. The van der Waals surface area contributed by atoms with Gasteiger partial charge in [-0.3, -0.25) is 4.79 Å². The lowest BCUT2D eigenvalue weighted by atomic mass is 10.0. The second-order valence-corrected chi connectivity index (χ2v) is 13.0. The SMILES string of the molecule is CCCCCCCC/C=C\CCCCCCCC(=O)N(CCCCC)CCCCCCCCCCCCCCCC. The Bertz CT molecular complexity index is 528. The molecule has 0 aromatic carbocycles. The van der Waals surface area contributed by atoms with Crippen LogP contribution in [0.1, 0.15) is 220 Å². The first kappa shape index (κ1) is 40.2. The average Bonchev–Trinajstić information content (AvgIpc) is 2.98. The quantitative estimate of drug-likeness (QED) is 0.0552. The van der Waals surface area contributed by atoms with Crippen LogP contribution in [0.15, 0.2) is 12.2 Å². The molecule has 244 valence electrons. The number of carbonyl (C=O) groups excluding carboxylic acids is 1. The fourth-order valence-corrected chi connectivity index (χ4v) is 5.92. The summed E-state index contributed by atoms with van der Waals surface area (Å²) in [5.41, 5.74) is 0. The van der Waals surface area contributed by atoms with Crippen LogP contribution in [0.2, 0.25) is 0 Å². The van der Waals surface area contributed by atoms with Crippen molar-refractivity contribution >= 4 is 5.91 Å². The maximum Gasteiger partial charge on any atom is 0.222 e. The predicted octanol–water partition coefficient (Wildman–Crippen LogP) is 13.5. The van der Waals surface area contributed by atoms with Crippen molar-refractivity contribution in [2.75, 3.05) is 13.1 Å². The Balaban J connectivity index is 3.74. The van der Waals surface area contributed by atoms with E-state index >= 15 is 0 Å². The topological polar surface area (TPSA) is 20.3 Å². The van der Waals surface area contributed by atoms with Crippen LogP contribution >= 0.6 is 0 Å². The number of unbranched alkanes of at least 4 members (excludes halogenated alkanes) is 26. The van der Waals surface area contributed by atoms with E-state index in [1.807, 2.05) is 0 Å². The maximum absolute atomic E-state index is 13.0. The van der Waals surface area contributed by atoms with Crippen molar-refractivity contribution in [3.05, 3.63) is 12.2 Å². The molecule has 41 heavy (non-hydrogen) atoms. The molecule has 0 bridgehead atoms. The van der Waals surface area contributed by atoms with Gasteiger partial charge in [-0.25, -0.2) is 0 Å². The van der Waals surface area contributed by atoms with Crippen molar-refractivity contribution < 1.29 is 4.79 Å². The number of allylic oxidation sites excluding steroid dienone is 2. The summed E-state index contributed by atoms with van der Waals surface area (Å²) in [6, 6.07) is 0. The molecule has 0 radical (unpaired) electrons. The van der Waals surface area contributed by atoms with Gasteiger partial charge in [-0.15, -0.1) is 0 Å². The molecule has 0 saturated heterocycles. The normalized spacial score (nSPS) is 11.6. The Morgan fingerprint density at radius 1 is 0.390 bits per heavy atom. The van der Waals surface area contributed by atoms with E-state index in [1.165, 1.54) is 186 Å². The lowest BCUT2D eigenvalue weighted by molar-refractivity contribution is -0.131. The van der Waals surface area contributed by atoms with Gasteiger partial charge in [0.2, 0.25) is 5.91 Å². The van der Waals surface area contributed by atoms with E-state index in [0.29, 0.717) is 5.91 Å². The molecular weight excluding hydrogens is 498 g/mol. The van der Waals surface area contributed by atoms with Gasteiger partial charge >= 0.3 is 0 Å². The number of hydrogen-bond donors (Lipinski definition) is 0. The zero-order valence-electron chi connectivity index (χ0n) is 28.8. The zero-order chi connectivity index (χ0) is 29.9. The molecule has 0 saturated carbocycles. The number of amides is 1. The number of rotatable bonds is 34. The van der Waals surface area contributed by atoms with Gasteiger partial charge in [-0.05, 0) is 44.9 Å². The Morgan fingerprint density at radius 2 is 0.683 bits per heavy atom. The van der Waals surface area contributed by atoms with Gasteiger partial charge in [0.05, 0.1) is 0 Å². The van der Waals surface area contributed by atoms with Gasteiger partial charge in [0.15, 0.2) is 0 Å². The minimum absolute atomic E-state index is 0.424. The highest BCUT2D eigenvalue weighted by molar-refractivity contribution is 5.76. The van der Waals surface area contributed by atoms with Crippen molar-refractivity contribution in [3.63, 3.8) is 0 Å². The van der Waals surface area contributed by atoms with Gasteiger partial charge in [-0.1, -0.05) is 181 Å². The number of nitrogens with zero attached hydrogens (tertiary/aromatic N) is 1. The van der Waals surface area contributed by atoms with Gasteiger partial charge in [-0.2, -0.15) is 0 Å². The summed E-state index contributed by atoms with van der Waals surface area (Å²) in [6.45, 7) is 8.81. The highest BCUT2D eigenvalue weighted by atomic mass is 16.2. The van der Waals surface area contributed by atoms with Crippen molar-refractivity contribution in [3.8, 4) is 0 Å². The fraction of sp³-hybridized carbons (Fsp3) is 0.923. The summed E-state index contributed by atoms with van der Waals surface area (Å²) >= 11 is 0. The van der Waals surface area contributed by atoms with Gasteiger partial charge in [0.1, 0.15) is 0 Å².